The van der Waals surface area contributed by atoms with Gasteiger partial charge in [0.1, 0.15) is 0 Å². The number of thioether (sulfide) groups is 1. The molecule has 0 bridgehead atoms. The molecule has 0 fully saturated rings. The fourth-order valence-corrected chi connectivity index (χ4v) is 5.15. The van der Waals surface area contributed by atoms with Crippen LogP contribution in [-0.2, 0) is 4.79 Å². The third kappa shape index (κ3) is 4.45. The number of pyridine rings is 1. The smallest absolute Gasteiger partial charge is 0.234 e. The molecule has 11 heteroatoms. The number of carbonyl (C=O) groups excluding carboxylic acids is 1. The first-order chi connectivity index (χ1) is 12.5. The largest absolute Gasteiger partial charge is 0.335 e. The highest BCUT2D eigenvalue weighted by Gasteiger charge is 2.15. The van der Waals surface area contributed by atoms with Crippen molar-refractivity contribution in [2.75, 3.05) is 16.9 Å². The molecule has 26 heavy (non-hydrogen) atoms. The maximum Gasteiger partial charge on any atom is 0.234 e. The molecule has 0 unspecified atom stereocenters. The Morgan fingerprint density at radius 3 is 2.46 bits per heavy atom. The van der Waals surface area contributed by atoms with Crippen molar-refractivity contribution in [3.63, 3.8) is 0 Å². The Hall–Kier alpha value is -1.43. The van der Waals surface area contributed by atoms with Gasteiger partial charge in [-0.25, -0.2) is 4.68 Å². The van der Waals surface area contributed by atoms with Gasteiger partial charge in [0.15, 0.2) is 5.82 Å². The van der Waals surface area contributed by atoms with Crippen LogP contribution in [0.3, 0.4) is 0 Å². The van der Waals surface area contributed by atoms with Crippen molar-refractivity contribution in [3.05, 3.63) is 50.1 Å². The fraction of sp³-hybridized carbons (Fsp3) is 0.0667. The minimum Gasteiger partial charge on any atom is -0.335 e. The number of benzene rings is 1. The number of nitrogens with two attached hydrogens (primary N) is 1. The van der Waals surface area contributed by atoms with Gasteiger partial charge in [0.25, 0.3) is 0 Å². The molecular weight excluding hydrogens is 552 g/mol. The molecule has 7 nitrogen and oxygen atoms in total. The predicted molar refractivity (Wildman–Crippen MR) is 112 cm³/mol. The SMILES string of the molecule is Nn1c(SCC(=O)Nc2c(Br)cc(Br)cc2Br)nnc1-c1ccncc1. The zero-order valence-electron chi connectivity index (χ0n) is 13.0. The predicted octanol–water partition coefficient (Wildman–Crippen LogP) is 4.07. The maximum atomic E-state index is 12.3. The first kappa shape index (κ1) is 19.3. The summed E-state index contributed by atoms with van der Waals surface area (Å²) < 4.78 is 3.78. The normalized spacial score (nSPS) is 10.7. The maximum absolute atomic E-state index is 12.3. The first-order valence-corrected chi connectivity index (χ1v) is 10.5. The van der Waals surface area contributed by atoms with E-state index in [1.54, 1.807) is 24.5 Å². The van der Waals surface area contributed by atoms with Crippen LogP contribution < -0.4 is 11.2 Å². The van der Waals surface area contributed by atoms with E-state index in [0.717, 1.165) is 19.0 Å². The van der Waals surface area contributed by atoms with Gasteiger partial charge in [-0.2, -0.15) is 0 Å². The summed E-state index contributed by atoms with van der Waals surface area (Å²) in [7, 11) is 0. The number of nitrogens with zero attached hydrogens (tertiary/aromatic N) is 4. The van der Waals surface area contributed by atoms with Gasteiger partial charge < -0.3 is 11.2 Å². The van der Waals surface area contributed by atoms with E-state index in [9.17, 15) is 4.79 Å². The summed E-state index contributed by atoms with van der Waals surface area (Å²) in [5.41, 5.74) is 1.46. The zero-order valence-corrected chi connectivity index (χ0v) is 18.6. The Bertz CT molecular complexity index is 927. The summed E-state index contributed by atoms with van der Waals surface area (Å²) in [6.07, 6.45) is 3.30. The minimum absolute atomic E-state index is 0.140. The van der Waals surface area contributed by atoms with Gasteiger partial charge >= 0.3 is 0 Å². The second-order valence-electron chi connectivity index (χ2n) is 4.99. The number of halogens is 3. The summed E-state index contributed by atoms with van der Waals surface area (Å²) in [5.74, 6) is 6.50. The Balaban J connectivity index is 1.67. The summed E-state index contributed by atoms with van der Waals surface area (Å²) in [6, 6.07) is 7.28. The molecule has 3 rings (SSSR count). The molecule has 2 aromatic heterocycles. The molecule has 2 heterocycles. The molecule has 134 valence electrons. The van der Waals surface area contributed by atoms with Crippen LogP contribution in [-0.4, -0.2) is 31.5 Å². The van der Waals surface area contributed by atoms with Crippen LogP contribution >= 0.6 is 59.6 Å². The molecule has 0 saturated heterocycles. The van der Waals surface area contributed by atoms with E-state index in [1.165, 1.54) is 16.4 Å². The lowest BCUT2D eigenvalue weighted by molar-refractivity contribution is -0.113. The Kier molecular flexibility index (Phi) is 6.33. The number of carbonyl (C=O) groups is 1. The molecule has 3 N–H and O–H groups in total. The molecule has 0 spiro atoms. The second kappa shape index (κ2) is 8.51. The molecule has 0 atom stereocenters. The van der Waals surface area contributed by atoms with E-state index in [0.29, 0.717) is 16.7 Å². The van der Waals surface area contributed by atoms with Crippen LogP contribution in [0.5, 0.6) is 0 Å². The van der Waals surface area contributed by atoms with Crippen molar-refractivity contribution in [2.45, 2.75) is 5.16 Å². The average Bonchev–Trinajstić information content (AvgIpc) is 2.98. The second-order valence-corrected chi connectivity index (χ2v) is 8.56. The van der Waals surface area contributed by atoms with Crippen molar-refractivity contribution in [1.82, 2.24) is 19.9 Å². The lowest BCUT2D eigenvalue weighted by atomic mass is 10.2. The van der Waals surface area contributed by atoms with Gasteiger partial charge in [-0.15, -0.1) is 10.2 Å². The molecule has 3 aromatic rings. The zero-order chi connectivity index (χ0) is 18.7. The fourth-order valence-electron chi connectivity index (χ4n) is 2.04. The molecule has 0 saturated carbocycles. The molecule has 0 aliphatic carbocycles. The van der Waals surface area contributed by atoms with Crippen LogP contribution in [0.15, 0.2) is 55.2 Å². The highest BCUT2D eigenvalue weighted by Crippen LogP contribution is 2.34. The van der Waals surface area contributed by atoms with E-state index in [-0.39, 0.29) is 11.7 Å². The van der Waals surface area contributed by atoms with Gasteiger partial charge in [-0.3, -0.25) is 9.78 Å². The molecule has 0 radical (unpaired) electrons. The van der Waals surface area contributed by atoms with E-state index >= 15 is 0 Å². The van der Waals surface area contributed by atoms with Gasteiger partial charge in [0.2, 0.25) is 11.1 Å². The standard InChI is InChI=1S/C15H11Br3N6OS/c16-9-5-10(17)13(11(18)6-9)21-12(25)7-26-15-23-22-14(24(15)19)8-1-3-20-4-2-8/h1-6H,7,19H2,(H,21,25). The van der Waals surface area contributed by atoms with Crippen molar-refractivity contribution in [1.29, 1.82) is 0 Å². The van der Waals surface area contributed by atoms with Crippen molar-refractivity contribution >= 4 is 71.1 Å². The van der Waals surface area contributed by atoms with Crippen LogP contribution in [0, 0.1) is 0 Å². The Labute approximate surface area is 178 Å². The number of hydrogen-bond donors (Lipinski definition) is 2. The average molecular weight is 563 g/mol. The molecule has 0 aliphatic rings. The van der Waals surface area contributed by atoms with Gasteiger partial charge in [-0.1, -0.05) is 27.7 Å². The van der Waals surface area contributed by atoms with Crippen LogP contribution in [0.1, 0.15) is 0 Å². The number of aromatic nitrogens is 4. The third-order valence-electron chi connectivity index (χ3n) is 3.21. The molecule has 0 aliphatic heterocycles. The summed E-state index contributed by atoms with van der Waals surface area (Å²) in [4.78, 5) is 16.2. The van der Waals surface area contributed by atoms with E-state index in [1.807, 2.05) is 12.1 Å². The van der Waals surface area contributed by atoms with Crippen molar-refractivity contribution < 1.29 is 4.79 Å². The quantitative estimate of drug-likeness (QED) is 0.359. The van der Waals surface area contributed by atoms with E-state index in [2.05, 4.69) is 68.3 Å². The van der Waals surface area contributed by atoms with Crippen LogP contribution in [0.2, 0.25) is 0 Å². The van der Waals surface area contributed by atoms with E-state index < -0.39 is 0 Å². The van der Waals surface area contributed by atoms with E-state index in [4.69, 9.17) is 5.84 Å². The highest BCUT2D eigenvalue weighted by atomic mass is 79.9. The lowest BCUT2D eigenvalue weighted by Crippen LogP contribution is -2.17. The van der Waals surface area contributed by atoms with Crippen LogP contribution in [0.4, 0.5) is 5.69 Å². The number of hydrogen-bond acceptors (Lipinski definition) is 6. The van der Waals surface area contributed by atoms with Gasteiger partial charge in [-0.05, 0) is 56.1 Å². The van der Waals surface area contributed by atoms with Crippen molar-refractivity contribution in [2.24, 2.45) is 0 Å². The third-order valence-corrected chi connectivity index (χ3v) is 5.86. The van der Waals surface area contributed by atoms with Gasteiger partial charge in [0.05, 0.1) is 11.4 Å². The Morgan fingerprint density at radius 2 is 1.81 bits per heavy atom. The molecular formula is C15H11Br3N6OS. The van der Waals surface area contributed by atoms with Gasteiger partial charge in [0, 0.05) is 31.4 Å². The summed E-state index contributed by atoms with van der Waals surface area (Å²) in [6.45, 7) is 0. The monoisotopic (exact) mass is 560 g/mol. The number of nitrogen functional groups attached to an aromatic ring is 1. The molecule has 1 aromatic carbocycles. The topological polar surface area (TPSA) is 98.7 Å². The minimum atomic E-state index is -0.188. The summed E-state index contributed by atoms with van der Waals surface area (Å²) >= 11 is 11.5. The number of anilines is 1. The Morgan fingerprint density at radius 1 is 1.15 bits per heavy atom. The first-order valence-electron chi connectivity index (χ1n) is 7.14. The molecule has 1 amide bonds. The number of amides is 1. The number of nitrogens with one attached hydrogen (secondary N) is 1. The number of rotatable bonds is 5. The highest BCUT2D eigenvalue weighted by molar-refractivity contribution is 9.11. The summed E-state index contributed by atoms with van der Waals surface area (Å²) in [5, 5.41) is 11.4. The lowest BCUT2D eigenvalue weighted by Gasteiger charge is -2.10. The van der Waals surface area contributed by atoms with Crippen LogP contribution in [0.25, 0.3) is 11.4 Å². The van der Waals surface area contributed by atoms with Crippen molar-refractivity contribution in [3.8, 4) is 11.4 Å².